The van der Waals surface area contributed by atoms with Gasteiger partial charge in [-0.2, -0.15) is 10.4 Å². The van der Waals surface area contributed by atoms with Crippen LogP contribution in [-0.4, -0.2) is 40.5 Å². The van der Waals surface area contributed by atoms with Crippen molar-refractivity contribution in [3.8, 4) is 6.07 Å². The molecule has 2 N–H and O–H groups in total. The first-order chi connectivity index (χ1) is 8.58. The lowest BCUT2D eigenvalue weighted by Crippen LogP contribution is -2.43. The molecule has 18 heavy (non-hydrogen) atoms. The molecule has 0 aliphatic carbocycles. The van der Waals surface area contributed by atoms with Crippen molar-refractivity contribution in [2.75, 3.05) is 18.5 Å². The molecule has 1 aliphatic rings. The lowest BCUT2D eigenvalue weighted by atomic mass is 9.85. The van der Waals surface area contributed by atoms with Crippen LogP contribution in [0, 0.1) is 16.7 Å². The maximum absolute atomic E-state index is 11.3. The number of nitriles is 1. The molecule has 2 heterocycles. The zero-order valence-corrected chi connectivity index (χ0v) is 9.75. The molecule has 0 bridgehead atoms. The van der Waals surface area contributed by atoms with E-state index in [2.05, 4.69) is 15.5 Å². The van der Waals surface area contributed by atoms with Crippen molar-refractivity contribution in [3.63, 3.8) is 0 Å². The number of anilines is 1. The SMILES string of the molecule is CC1(C(=O)O)COCC1Nc1nnccc1C#N. The summed E-state index contributed by atoms with van der Waals surface area (Å²) in [5.74, 6) is -0.664. The van der Waals surface area contributed by atoms with E-state index in [1.165, 1.54) is 12.3 Å². The number of nitrogens with zero attached hydrogens (tertiary/aromatic N) is 3. The summed E-state index contributed by atoms with van der Waals surface area (Å²) in [6.45, 7) is 1.98. The molecule has 0 radical (unpaired) electrons. The fourth-order valence-corrected chi connectivity index (χ4v) is 1.78. The molecule has 7 nitrogen and oxygen atoms in total. The van der Waals surface area contributed by atoms with Gasteiger partial charge in [0.2, 0.25) is 0 Å². The number of hydrogen-bond donors (Lipinski definition) is 2. The van der Waals surface area contributed by atoms with Crippen LogP contribution in [0.3, 0.4) is 0 Å². The summed E-state index contributed by atoms with van der Waals surface area (Å²) in [5, 5.41) is 28.6. The highest BCUT2D eigenvalue weighted by molar-refractivity contribution is 5.76. The molecular formula is C11H12N4O3. The number of carbonyl (C=O) groups is 1. The maximum Gasteiger partial charge on any atom is 0.313 e. The van der Waals surface area contributed by atoms with Crippen molar-refractivity contribution >= 4 is 11.8 Å². The van der Waals surface area contributed by atoms with Gasteiger partial charge in [-0.3, -0.25) is 4.79 Å². The summed E-state index contributed by atoms with van der Waals surface area (Å²) in [7, 11) is 0. The number of aliphatic carboxylic acids is 1. The second kappa shape index (κ2) is 4.58. The Morgan fingerprint density at radius 1 is 1.78 bits per heavy atom. The Bertz CT molecular complexity index is 513. The number of hydrogen-bond acceptors (Lipinski definition) is 6. The summed E-state index contributed by atoms with van der Waals surface area (Å²) >= 11 is 0. The van der Waals surface area contributed by atoms with E-state index in [-0.39, 0.29) is 19.0 Å². The Labute approximate surface area is 103 Å². The van der Waals surface area contributed by atoms with Crippen molar-refractivity contribution in [2.24, 2.45) is 5.41 Å². The van der Waals surface area contributed by atoms with E-state index in [4.69, 9.17) is 10.00 Å². The molecular weight excluding hydrogens is 236 g/mol. The van der Waals surface area contributed by atoms with Crippen molar-refractivity contribution in [2.45, 2.75) is 13.0 Å². The molecule has 2 rings (SSSR count). The highest BCUT2D eigenvalue weighted by atomic mass is 16.5. The number of ether oxygens (including phenoxy) is 1. The van der Waals surface area contributed by atoms with Crippen molar-refractivity contribution in [1.29, 1.82) is 5.26 Å². The minimum Gasteiger partial charge on any atom is -0.481 e. The Hall–Kier alpha value is -2.20. The molecule has 0 spiro atoms. The molecule has 2 atom stereocenters. The van der Waals surface area contributed by atoms with Gasteiger partial charge in [-0.1, -0.05) is 0 Å². The minimum absolute atomic E-state index is 0.127. The molecule has 0 amide bonds. The van der Waals surface area contributed by atoms with Gasteiger partial charge in [0.25, 0.3) is 0 Å². The van der Waals surface area contributed by atoms with Crippen LogP contribution in [0.25, 0.3) is 0 Å². The molecule has 0 saturated carbocycles. The molecule has 1 aromatic heterocycles. The fraction of sp³-hybridized carbons (Fsp3) is 0.455. The van der Waals surface area contributed by atoms with Gasteiger partial charge in [0.1, 0.15) is 11.5 Å². The fourth-order valence-electron chi connectivity index (χ4n) is 1.78. The number of aromatic nitrogens is 2. The average molecular weight is 248 g/mol. The first-order valence-corrected chi connectivity index (χ1v) is 5.37. The summed E-state index contributed by atoms with van der Waals surface area (Å²) < 4.78 is 5.21. The summed E-state index contributed by atoms with van der Waals surface area (Å²) in [6, 6.07) is 3.04. The van der Waals surface area contributed by atoms with Crippen LogP contribution in [0.4, 0.5) is 5.82 Å². The Balaban J connectivity index is 2.24. The summed E-state index contributed by atoms with van der Waals surface area (Å²) in [5.41, 5.74) is -0.714. The first-order valence-electron chi connectivity index (χ1n) is 5.37. The van der Waals surface area contributed by atoms with E-state index in [1.807, 2.05) is 6.07 Å². The van der Waals surface area contributed by atoms with Crippen LogP contribution in [-0.2, 0) is 9.53 Å². The van der Waals surface area contributed by atoms with Crippen LogP contribution in [0.2, 0.25) is 0 Å². The van der Waals surface area contributed by atoms with E-state index < -0.39 is 17.4 Å². The Morgan fingerprint density at radius 2 is 2.56 bits per heavy atom. The summed E-state index contributed by atoms with van der Waals surface area (Å²) in [6.07, 6.45) is 1.41. The van der Waals surface area contributed by atoms with Crippen LogP contribution in [0.1, 0.15) is 12.5 Å². The zero-order valence-electron chi connectivity index (χ0n) is 9.75. The predicted octanol–water partition coefficient (Wildman–Crippen LogP) is 0.250. The van der Waals surface area contributed by atoms with Crippen LogP contribution < -0.4 is 5.32 Å². The molecule has 0 aromatic carbocycles. The smallest absolute Gasteiger partial charge is 0.313 e. The first kappa shape index (κ1) is 12.3. The van der Waals surface area contributed by atoms with Gasteiger partial charge in [-0.15, -0.1) is 5.10 Å². The minimum atomic E-state index is -1.04. The molecule has 1 fully saturated rings. The van der Waals surface area contributed by atoms with Gasteiger partial charge in [0, 0.05) is 0 Å². The van der Waals surface area contributed by atoms with E-state index in [9.17, 15) is 9.90 Å². The normalized spacial score (nSPS) is 26.6. The highest BCUT2D eigenvalue weighted by Gasteiger charge is 2.47. The molecule has 94 valence electrons. The van der Waals surface area contributed by atoms with E-state index in [1.54, 1.807) is 6.92 Å². The van der Waals surface area contributed by atoms with Gasteiger partial charge < -0.3 is 15.2 Å². The quantitative estimate of drug-likeness (QED) is 0.789. The number of nitrogens with one attached hydrogen (secondary N) is 1. The third-order valence-corrected chi connectivity index (χ3v) is 3.10. The van der Waals surface area contributed by atoms with Gasteiger partial charge in [0.05, 0.1) is 31.0 Å². The second-order valence-electron chi connectivity index (χ2n) is 4.34. The average Bonchev–Trinajstić information content (AvgIpc) is 2.73. The number of carboxylic acid groups (broad SMARTS) is 1. The van der Waals surface area contributed by atoms with Crippen LogP contribution >= 0.6 is 0 Å². The predicted molar refractivity (Wildman–Crippen MR) is 60.7 cm³/mol. The molecule has 1 aliphatic heterocycles. The van der Waals surface area contributed by atoms with Crippen molar-refractivity contribution in [3.05, 3.63) is 17.8 Å². The van der Waals surface area contributed by atoms with Gasteiger partial charge in [-0.25, -0.2) is 0 Å². The van der Waals surface area contributed by atoms with E-state index in [0.717, 1.165) is 0 Å². The summed E-state index contributed by atoms with van der Waals surface area (Å²) in [4.78, 5) is 11.3. The monoisotopic (exact) mass is 248 g/mol. The Morgan fingerprint density at radius 3 is 3.22 bits per heavy atom. The zero-order chi connectivity index (χ0) is 13.2. The molecule has 1 aromatic rings. The van der Waals surface area contributed by atoms with Gasteiger partial charge >= 0.3 is 5.97 Å². The maximum atomic E-state index is 11.3. The van der Waals surface area contributed by atoms with Gasteiger partial charge in [0.15, 0.2) is 5.82 Å². The van der Waals surface area contributed by atoms with Crippen LogP contribution in [0.5, 0.6) is 0 Å². The highest BCUT2D eigenvalue weighted by Crippen LogP contribution is 2.31. The van der Waals surface area contributed by atoms with Gasteiger partial charge in [-0.05, 0) is 13.0 Å². The lowest BCUT2D eigenvalue weighted by Gasteiger charge is -2.25. The largest absolute Gasteiger partial charge is 0.481 e. The van der Waals surface area contributed by atoms with E-state index in [0.29, 0.717) is 5.56 Å². The third kappa shape index (κ3) is 1.98. The molecule has 7 heteroatoms. The number of carboxylic acids is 1. The standard InChI is InChI=1S/C11H12N4O3/c1-11(10(16)17)6-18-5-8(11)14-9-7(4-12)2-3-13-15-9/h2-3,8H,5-6H2,1H3,(H,14,15)(H,16,17). The number of rotatable bonds is 3. The second-order valence-corrected chi connectivity index (χ2v) is 4.34. The van der Waals surface area contributed by atoms with E-state index >= 15 is 0 Å². The molecule has 2 unspecified atom stereocenters. The Kier molecular flexibility index (Phi) is 3.12. The topological polar surface area (TPSA) is 108 Å². The van der Waals surface area contributed by atoms with Crippen LogP contribution in [0.15, 0.2) is 12.3 Å². The van der Waals surface area contributed by atoms with Crippen molar-refractivity contribution in [1.82, 2.24) is 10.2 Å². The molecule has 1 saturated heterocycles. The lowest BCUT2D eigenvalue weighted by molar-refractivity contribution is -0.148. The van der Waals surface area contributed by atoms with Crippen molar-refractivity contribution < 1.29 is 14.6 Å². The third-order valence-electron chi connectivity index (χ3n) is 3.10.